The summed E-state index contributed by atoms with van der Waals surface area (Å²) in [4.78, 5) is 12.2. The lowest BCUT2D eigenvalue weighted by atomic mass is 9.77. The molecule has 2 aliphatic rings. The van der Waals surface area contributed by atoms with Crippen molar-refractivity contribution in [3.8, 4) is 0 Å². The molecular weight excluding hydrogens is 263 g/mol. The standard InChI is InChI=1S/C17H23BO3/c1-16(2)17(3,4)21-18(20-16)13-10-9-12-7-5-6-8-15(19)14(12)11-13/h9-11H,5-8H2,1-4H3. The minimum absolute atomic E-state index is 0.251. The summed E-state index contributed by atoms with van der Waals surface area (Å²) in [5.41, 5.74) is 2.27. The molecule has 0 saturated carbocycles. The average Bonchev–Trinajstić information content (AvgIpc) is 2.55. The smallest absolute Gasteiger partial charge is 0.399 e. The molecule has 0 aromatic heterocycles. The molecule has 1 aliphatic carbocycles. The van der Waals surface area contributed by atoms with E-state index in [2.05, 4.69) is 6.07 Å². The Balaban J connectivity index is 1.93. The average molecular weight is 286 g/mol. The molecule has 4 heteroatoms. The fourth-order valence-electron chi connectivity index (χ4n) is 2.93. The Morgan fingerprint density at radius 1 is 1.00 bits per heavy atom. The third kappa shape index (κ3) is 2.55. The van der Waals surface area contributed by atoms with Crippen molar-refractivity contribution in [3.63, 3.8) is 0 Å². The molecule has 3 nitrogen and oxygen atoms in total. The van der Waals surface area contributed by atoms with Crippen LogP contribution in [-0.2, 0) is 15.7 Å². The number of ketones is 1. The van der Waals surface area contributed by atoms with E-state index in [0.29, 0.717) is 6.42 Å². The number of rotatable bonds is 1. The first-order valence-electron chi connectivity index (χ1n) is 7.82. The molecule has 1 aliphatic heterocycles. The fourth-order valence-corrected chi connectivity index (χ4v) is 2.93. The summed E-state index contributed by atoms with van der Waals surface area (Å²) in [6.07, 6.45) is 3.72. The molecule has 1 saturated heterocycles. The summed E-state index contributed by atoms with van der Waals surface area (Å²) in [7, 11) is -0.392. The van der Waals surface area contributed by atoms with Gasteiger partial charge in [0.1, 0.15) is 0 Å². The van der Waals surface area contributed by atoms with Gasteiger partial charge in [0.25, 0.3) is 0 Å². The van der Waals surface area contributed by atoms with E-state index in [-0.39, 0.29) is 17.0 Å². The molecule has 0 radical (unpaired) electrons. The van der Waals surface area contributed by atoms with Crippen LogP contribution in [0.3, 0.4) is 0 Å². The predicted octanol–water partition coefficient (Wildman–Crippen LogP) is 2.89. The van der Waals surface area contributed by atoms with Gasteiger partial charge in [-0.2, -0.15) is 0 Å². The molecular formula is C17H23BO3. The van der Waals surface area contributed by atoms with Crippen LogP contribution in [0.5, 0.6) is 0 Å². The normalized spacial score (nSPS) is 23.8. The van der Waals surface area contributed by atoms with Crippen molar-refractivity contribution in [2.75, 3.05) is 0 Å². The third-order valence-corrected chi connectivity index (χ3v) is 5.06. The topological polar surface area (TPSA) is 35.5 Å². The second kappa shape index (κ2) is 4.96. The number of hydrogen-bond acceptors (Lipinski definition) is 3. The monoisotopic (exact) mass is 286 g/mol. The van der Waals surface area contributed by atoms with Gasteiger partial charge in [-0.05, 0) is 58.0 Å². The molecule has 3 rings (SSSR count). The van der Waals surface area contributed by atoms with Crippen LogP contribution in [0.15, 0.2) is 18.2 Å². The Morgan fingerprint density at radius 2 is 1.62 bits per heavy atom. The summed E-state index contributed by atoms with van der Waals surface area (Å²) in [6, 6.07) is 6.09. The van der Waals surface area contributed by atoms with Crippen molar-refractivity contribution in [1.82, 2.24) is 0 Å². The Hall–Kier alpha value is -1.13. The molecule has 1 aromatic rings. The van der Waals surface area contributed by atoms with E-state index in [1.165, 1.54) is 0 Å². The van der Waals surface area contributed by atoms with Gasteiger partial charge in [-0.15, -0.1) is 0 Å². The molecule has 0 unspecified atom stereocenters. The van der Waals surface area contributed by atoms with E-state index < -0.39 is 7.12 Å². The summed E-state index contributed by atoms with van der Waals surface area (Å²) >= 11 is 0. The summed E-state index contributed by atoms with van der Waals surface area (Å²) < 4.78 is 12.1. The molecule has 1 fully saturated rings. The zero-order valence-corrected chi connectivity index (χ0v) is 13.4. The van der Waals surface area contributed by atoms with Crippen molar-refractivity contribution >= 4 is 18.4 Å². The Kier molecular flexibility index (Phi) is 3.49. The molecule has 112 valence electrons. The maximum atomic E-state index is 12.2. The number of carbonyl (C=O) groups is 1. The van der Waals surface area contributed by atoms with Crippen molar-refractivity contribution < 1.29 is 14.1 Å². The number of benzene rings is 1. The van der Waals surface area contributed by atoms with Crippen LogP contribution in [-0.4, -0.2) is 24.1 Å². The minimum Gasteiger partial charge on any atom is -0.399 e. The van der Waals surface area contributed by atoms with E-state index in [1.54, 1.807) is 0 Å². The van der Waals surface area contributed by atoms with E-state index in [9.17, 15) is 4.79 Å². The van der Waals surface area contributed by atoms with E-state index >= 15 is 0 Å². The Labute approximate surface area is 127 Å². The minimum atomic E-state index is -0.392. The van der Waals surface area contributed by atoms with Crippen molar-refractivity contribution in [3.05, 3.63) is 29.3 Å². The van der Waals surface area contributed by atoms with Gasteiger partial charge in [-0.1, -0.05) is 18.2 Å². The highest BCUT2D eigenvalue weighted by Crippen LogP contribution is 2.36. The van der Waals surface area contributed by atoms with Gasteiger partial charge in [-0.25, -0.2) is 0 Å². The number of Topliss-reactive ketones (excluding diaryl/α,β-unsaturated/α-hetero) is 1. The van der Waals surface area contributed by atoms with Gasteiger partial charge < -0.3 is 9.31 Å². The summed E-state index contributed by atoms with van der Waals surface area (Å²) in [6.45, 7) is 8.17. The predicted molar refractivity (Wildman–Crippen MR) is 84.0 cm³/mol. The van der Waals surface area contributed by atoms with Gasteiger partial charge in [0.2, 0.25) is 0 Å². The maximum absolute atomic E-state index is 12.2. The first-order chi connectivity index (χ1) is 9.80. The molecule has 0 amide bonds. The fraction of sp³-hybridized carbons (Fsp3) is 0.588. The highest BCUT2D eigenvalue weighted by atomic mass is 16.7. The lowest BCUT2D eigenvalue weighted by molar-refractivity contribution is 0.00578. The second-order valence-electron chi connectivity index (χ2n) is 7.14. The first kappa shape index (κ1) is 14.8. The highest BCUT2D eigenvalue weighted by molar-refractivity contribution is 6.62. The molecule has 0 bridgehead atoms. The van der Waals surface area contributed by atoms with Crippen LogP contribution >= 0.6 is 0 Å². The number of fused-ring (bicyclic) bond motifs is 1. The number of aryl methyl sites for hydroxylation is 1. The summed E-state index contributed by atoms with van der Waals surface area (Å²) in [5, 5.41) is 0. The van der Waals surface area contributed by atoms with Crippen LogP contribution in [0.2, 0.25) is 0 Å². The Bertz CT molecular complexity index is 561. The molecule has 1 heterocycles. The lowest BCUT2D eigenvalue weighted by Gasteiger charge is -2.32. The largest absolute Gasteiger partial charge is 0.494 e. The van der Waals surface area contributed by atoms with E-state index in [1.807, 2.05) is 39.8 Å². The van der Waals surface area contributed by atoms with Crippen molar-refractivity contribution in [1.29, 1.82) is 0 Å². The molecule has 21 heavy (non-hydrogen) atoms. The molecule has 1 aromatic carbocycles. The van der Waals surface area contributed by atoms with Crippen LogP contribution in [0.4, 0.5) is 0 Å². The highest BCUT2D eigenvalue weighted by Gasteiger charge is 2.51. The quantitative estimate of drug-likeness (QED) is 0.588. The molecule has 0 spiro atoms. The SMILES string of the molecule is CC1(C)OB(c2ccc3c(c2)C(=O)CCCC3)OC1(C)C. The van der Waals surface area contributed by atoms with Crippen molar-refractivity contribution in [2.24, 2.45) is 0 Å². The van der Waals surface area contributed by atoms with Crippen LogP contribution in [0.1, 0.15) is 62.9 Å². The first-order valence-corrected chi connectivity index (χ1v) is 7.82. The van der Waals surface area contributed by atoms with Gasteiger partial charge in [0.15, 0.2) is 5.78 Å². The molecule has 0 atom stereocenters. The van der Waals surface area contributed by atoms with Crippen molar-refractivity contribution in [2.45, 2.75) is 64.6 Å². The van der Waals surface area contributed by atoms with Gasteiger partial charge in [-0.3, -0.25) is 4.79 Å². The lowest BCUT2D eigenvalue weighted by Crippen LogP contribution is -2.41. The second-order valence-corrected chi connectivity index (χ2v) is 7.14. The van der Waals surface area contributed by atoms with Gasteiger partial charge in [0, 0.05) is 12.0 Å². The van der Waals surface area contributed by atoms with E-state index in [4.69, 9.17) is 9.31 Å². The van der Waals surface area contributed by atoms with Crippen LogP contribution in [0.25, 0.3) is 0 Å². The van der Waals surface area contributed by atoms with Gasteiger partial charge >= 0.3 is 7.12 Å². The zero-order chi connectivity index (χ0) is 15.3. The third-order valence-electron chi connectivity index (χ3n) is 5.06. The number of carbonyl (C=O) groups excluding carboxylic acids is 1. The van der Waals surface area contributed by atoms with Crippen LogP contribution < -0.4 is 5.46 Å². The van der Waals surface area contributed by atoms with E-state index in [0.717, 1.165) is 35.9 Å². The maximum Gasteiger partial charge on any atom is 0.494 e. The molecule has 0 N–H and O–H groups in total. The summed E-state index contributed by atoms with van der Waals surface area (Å²) in [5.74, 6) is 0.251. The van der Waals surface area contributed by atoms with Crippen LogP contribution in [0, 0.1) is 0 Å². The van der Waals surface area contributed by atoms with Gasteiger partial charge in [0.05, 0.1) is 11.2 Å². The number of hydrogen-bond donors (Lipinski definition) is 0. The zero-order valence-electron chi connectivity index (χ0n) is 13.4. The Morgan fingerprint density at radius 3 is 2.29 bits per heavy atom.